The number of aryl methyl sites for hydroxylation is 1. The summed E-state index contributed by atoms with van der Waals surface area (Å²) in [5.41, 5.74) is 0.792. The topological polar surface area (TPSA) is 86.1 Å². The van der Waals surface area contributed by atoms with E-state index in [1.54, 1.807) is 41.2 Å². The van der Waals surface area contributed by atoms with E-state index in [1.165, 1.54) is 4.90 Å². The number of carbonyl (C=O) groups is 2. The summed E-state index contributed by atoms with van der Waals surface area (Å²) in [6.45, 7) is 1.99. The van der Waals surface area contributed by atoms with Crippen molar-refractivity contribution in [1.82, 2.24) is 24.9 Å². The van der Waals surface area contributed by atoms with Crippen LogP contribution in [-0.2, 0) is 23.2 Å². The Balaban J connectivity index is 0.00000300. The Hall–Kier alpha value is -2.15. The van der Waals surface area contributed by atoms with Gasteiger partial charge in [-0.1, -0.05) is 6.07 Å². The van der Waals surface area contributed by atoms with Gasteiger partial charge in [-0.3, -0.25) is 14.3 Å². The van der Waals surface area contributed by atoms with Crippen molar-refractivity contribution in [3.8, 4) is 0 Å². The highest BCUT2D eigenvalue weighted by Gasteiger charge is 2.28. The number of hydrogen-bond donors (Lipinski definition) is 1. The zero-order valence-electron chi connectivity index (χ0n) is 16.7. The number of piperazine rings is 1. The molecule has 0 aliphatic carbocycles. The summed E-state index contributed by atoms with van der Waals surface area (Å²) < 4.78 is 1.68. The summed E-state index contributed by atoms with van der Waals surface area (Å²) in [4.78, 5) is 35.4. The molecule has 1 aliphatic rings. The summed E-state index contributed by atoms with van der Waals surface area (Å²) in [6.07, 6.45) is 3.51. The predicted octanol–water partition coefficient (Wildman–Crippen LogP) is 0.982. The van der Waals surface area contributed by atoms with Crippen molar-refractivity contribution in [3.05, 3.63) is 34.8 Å². The second kappa shape index (κ2) is 10.6. The number of hydrogen-bond acceptors (Lipinski definition) is 5. The van der Waals surface area contributed by atoms with E-state index in [4.69, 9.17) is 0 Å². The lowest BCUT2D eigenvalue weighted by Crippen LogP contribution is -2.55. The molecule has 0 spiro atoms. The van der Waals surface area contributed by atoms with Crippen molar-refractivity contribution in [3.63, 3.8) is 0 Å². The number of rotatable bonds is 5. The molecule has 29 heavy (non-hydrogen) atoms. The number of nitrogens with one attached hydrogen (secondary N) is 1. The number of anilines is 1. The number of aromatic nitrogens is 2. The molecule has 9 nitrogen and oxygen atoms in total. The monoisotopic (exact) mass is 531 g/mol. The summed E-state index contributed by atoms with van der Waals surface area (Å²) in [5.74, 6) is 0.461. The summed E-state index contributed by atoms with van der Waals surface area (Å²) >= 11 is 1.65. The molecule has 0 saturated carbocycles. The Morgan fingerprint density at radius 1 is 1.38 bits per heavy atom. The van der Waals surface area contributed by atoms with Crippen molar-refractivity contribution in [2.75, 3.05) is 45.2 Å². The van der Waals surface area contributed by atoms with Crippen LogP contribution in [0.15, 0.2) is 34.9 Å². The molecule has 2 amide bonds. The van der Waals surface area contributed by atoms with Crippen LogP contribution in [0.4, 0.5) is 5.69 Å². The van der Waals surface area contributed by atoms with Crippen molar-refractivity contribution < 1.29 is 9.59 Å². The number of carbonyl (C=O) groups excluding carboxylic acids is 2. The van der Waals surface area contributed by atoms with Crippen LogP contribution in [0.1, 0.15) is 4.88 Å². The van der Waals surface area contributed by atoms with Crippen LogP contribution in [0.5, 0.6) is 0 Å². The average molecular weight is 531 g/mol. The minimum Gasteiger partial charge on any atom is -0.351 e. The third-order valence-electron chi connectivity index (χ3n) is 4.39. The van der Waals surface area contributed by atoms with Crippen LogP contribution in [0.25, 0.3) is 0 Å². The van der Waals surface area contributed by atoms with E-state index in [9.17, 15) is 9.59 Å². The first kappa shape index (κ1) is 23.1. The normalized spacial score (nSPS) is 14.6. The highest BCUT2D eigenvalue weighted by atomic mass is 127. The van der Waals surface area contributed by atoms with Gasteiger partial charge in [0.2, 0.25) is 11.8 Å². The van der Waals surface area contributed by atoms with Gasteiger partial charge in [0.15, 0.2) is 5.96 Å². The van der Waals surface area contributed by atoms with E-state index in [2.05, 4.69) is 15.4 Å². The molecule has 1 N–H and O–H groups in total. The van der Waals surface area contributed by atoms with E-state index in [0.717, 1.165) is 10.6 Å². The maximum Gasteiger partial charge on any atom is 0.246 e. The highest BCUT2D eigenvalue weighted by molar-refractivity contribution is 14.0. The third kappa shape index (κ3) is 6.16. The largest absolute Gasteiger partial charge is 0.351 e. The first-order valence-electron chi connectivity index (χ1n) is 8.99. The summed E-state index contributed by atoms with van der Waals surface area (Å²) in [6, 6.07) is 4.02. The van der Waals surface area contributed by atoms with Crippen LogP contribution in [-0.4, -0.2) is 77.6 Å². The molecule has 11 heteroatoms. The van der Waals surface area contributed by atoms with Gasteiger partial charge in [-0.15, -0.1) is 35.3 Å². The molecule has 3 rings (SSSR count). The molecule has 0 radical (unpaired) electrons. The number of aliphatic imine (C=N–C) groups is 1. The van der Waals surface area contributed by atoms with Gasteiger partial charge in [0.05, 0.1) is 18.4 Å². The zero-order chi connectivity index (χ0) is 20.1. The van der Waals surface area contributed by atoms with Gasteiger partial charge in [-0.05, 0) is 11.4 Å². The van der Waals surface area contributed by atoms with Gasteiger partial charge in [-0.25, -0.2) is 4.99 Å². The molecule has 0 bridgehead atoms. The molecule has 1 fully saturated rings. The van der Waals surface area contributed by atoms with Crippen LogP contribution >= 0.6 is 35.3 Å². The van der Waals surface area contributed by atoms with Gasteiger partial charge in [0, 0.05) is 45.3 Å². The van der Waals surface area contributed by atoms with Gasteiger partial charge in [-0.2, -0.15) is 5.10 Å². The number of amides is 2. The SMILES string of the molecule is CN(C)C(=O)CN=C(NCc1cccs1)N1CCN(c2cnn(C)c2)C(=O)C1.I. The summed E-state index contributed by atoms with van der Waals surface area (Å²) in [5, 5.41) is 9.44. The molecule has 2 aromatic rings. The van der Waals surface area contributed by atoms with Crippen LogP contribution in [0, 0.1) is 0 Å². The minimum atomic E-state index is -0.0873. The van der Waals surface area contributed by atoms with Crippen molar-refractivity contribution in [2.24, 2.45) is 12.0 Å². The fraction of sp³-hybridized carbons (Fsp3) is 0.444. The Morgan fingerprint density at radius 2 is 2.17 bits per heavy atom. The Morgan fingerprint density at radius 3 is 2.76 bits per heavy atom. The second-order valence-electron chi connectivity index (χ2n) is 6.70. The van der Waals surface area contributed by atoms with Crippen molar-refractivity contribution in [2.45, 2.75) is 6.54 Å². The third-order valence-corrected chi connectivity index (χ3v) is 5.26. The maximum absolute atomic E-state index is 12.7. The van der Waals surface area contributed by atoms with Gasteiger partial charge in [0.25, 0.3) is 0 Å². The molecule has 1 saturated heterocycles. The zero-order valence-corrected chi connectivity index (χ0v) is 19.9. The lowest BCUT2D eigenvalue weighted by atomic mass is 10.3. The van der Waals surface area contributed by atoms with E-state index in [-0.39, 0.29) is 48.9 Å². The quantitative estimate of drug-likeness (QED) is 0.354. The Labute approximate surface area is 191 Å². The molecule has 0 unspecified atom stereocenters. The number of thiophene rings is 1. The van der Waals surface area contributed by atoms with Crippen LogP contribution in [0.2, 0.25) is 0 Å². The molecule has 3 heterocycles. The molecule has 2 aromatic heterocycles. The maximum atomic E-state index is 12.7. The van der Waals surface area contributed by atoms with E-state index in [1.807, 2.05) is 35.7 Å². The number of guanidine groups is 1. The first-order chi connectivity index (χ1) is 13.4. The number of halogens is 1. The van der Waals surface area contributed by atoms with Crippen LogP contribution in [0.3, 0.4) is 0 Å². The number of nitrogens with zero attached hydrogens (tertiary/aromatic N) is 6. The molecule has 158 valence electrons. The van der Waals surface area contributed by atoms with Gasteiger partial charge >= 0.3 is 0 Å². The second-order valence-corrected chi connectivity index (χ2v) is 7.73. The van der Waals surface area contributed by atoms with Gasteiger partial charge < -0.3 is 20.0 Å². The van der Waals surface area contributed by atoms with Gasteiger partial charge in [0.1, 0.15) is 13.1 Å². The highest BCUT2D eigenvalue weighted by Crippen LogP contribution is 2.16. The smallest absolute Gasteiger partial charge is 0.246 e. The molecular weight excluding hydrogens is 505 g/mol. The molecule has 0 aromatic carbocycles. The van der Waals surface area contributed by atoms with E-state index < -0.39 is 0 Å². The minimum absolute atomic E-state index is 0. The lowest BCUT2D eigenvalue weighted by Gasteiger charge is -2.35. The molecular formula is C18H26IN7O2S. The van der Waals surface area contributed by atoms with E-state index >= 15 is 0 Å². The Kier molecular flexibility index (Phi) is 8.44. The number of likely N-dealkylation sites (N-methyl/N-ethyl adjacent to an activating group) is 1. The fourth-order valence-corrected chi connectivity index (χ4v) is 3.45. The van der Waals surface area contributed by atoms with E-state index in [0.29, 0.717) is 25.6 Å². The molecule has 0 atom stereocenters. The average Bonchev–Trinajstić information content (AvgIpc) is 3.33. The standard InChI is InChI=1S/C18H25N7O2S.HI/c1-22(2)16(26)11-20-18(19-10-15-5-4-8-28-15)24-6-7-25(17(27)13-24)14-9-21-23(3)12-14;/h4-5,8-9,12H,6-7,10-11,13H2,1-3H3,(H,19,20);1H. The Bertz CT molecular complexity index is 850. The fourth-order valence-electron chi connectivity index (χ4n) is 2.81. The lowest BCUT2D eigenvalue weighted by molar-refractivity contribution is -0.127. The van der Waals surface area contributed by atoms with Crippen molar-refractivity contribution >= 4 is 58.8 Å². The first-order valence-corrected chi connectivity index (χ1v) is 9.87. The summed E-state index contributed by atoms with van der Waals surface area (Å²) in [7, 11) is 5.23. The molecule has 1 aliphatic heterocycles. The predicted molar refractivity (Wildman–Crippen MR) is 125 cm³/mol. The van der Waals surface area contributed by atoms with Crippen LogP contribution < -0.4 is 10.2 Å². The van der Waals surface area contributed by atoms with Crippen molar-refractivity contribution in [1.29, 1.82) is 0 Å².